The van der Waals surface area contributed by atoms with Gasteiger partial charge in [0.05, 0.1) is 35.6 Å². The zero-order valence-electron chi connectivity index (χ0n) is 15.5. The Morgan fingerprint density at radius 3 is 2.89 bits per heavy atom. The Morgan fingerprint density at radius 1 is 1.30 bits per heavy atom. The molecule has 138 valence electrons. The number of hydrogen-bond donors (Lipinski definition) is 1. The maximum absolute atomic E-state index is 12.8. The van der Waals surface area contributed by atoms with Gasteiger partial charge in [0.25, 0.3) is 5.91 Å². The lowest BCUT2D eigenvalue weighted by Crippen LogP contribution is -2.29. The Hall–Kier alpha value is -3.35. The molecule has 4 aromatic rings. The molecule has 4 rings (SSSR count). The first-order chi connectivity index (χ1) is 13.0. The van der Waals surface area contributed by atoms with Gasteiger partial charge in [0.2, 0.25) is 0 Å². The van der Waals surface area contributed by atoms with Gasteiger partial charge in [-0.05, 0) is 44.2 Å². The number of aromatic amines is 1. The highest BCUT2D eigenvalue weighted by Gasteiger charge is 2.23. The van der Waals surface area contributed by atoms with Gasteiger partial charge in [-0.2, -0.15) is 5.10 Å². The number of hydrogen-bond acceptors (Lipinski definition) is 4. The number of rotatable bonds is 5. The first-order valence-corrected chi connectivity index (χ1v) is 8.81. The van der Waals surface area contributed by atoms with Crippen LogP contribution in [0.15, 0.2) is 53.1 Å². The number of benzene rings is 1. The minimum absolute atomic E-state index is 0.159. The lowest BCUT2D eigenvalue weighted by atomic mass is 10.2. The van der Waals surface area contributed by atoms with Gasteiger partial charge in [0.15, 0.2) is 0 Å². The topological polar surface area (TPSA) is 79.9 Å². The summed E-state index contributed by atoms with van der Waals surface area (Å²) in [6.45, 7) is 4.47. The van der Waals surface area contributed by atoms with E-state index in [9.17, 15) is 4.79 Å². The number of amides is 1. The third-order valence-corrected chi connectivity index (χ3v) is 4.88. The Kier molecular flexibility index (Phi) is 4.27. The van der Waals surface area contributed by atoms with Crippen LogP contribution in [0.25, 0.3) is 11.0 Å². The Morgan fingerprint density at radius 2 is 2.11 bits per heavy atom. The van der Waals surface area contributed by atoms with Gasteiger partial charge in [0.1, 0.15) is 17.3 Å². The van der Waals surface area contributed by atoms with E-state index >= 15 is 0 Å². The van der Waals surface area contributed by atoms with Crippen LogP contribution in [-0.4, -0.2) is 37.6 Å². The highest BCUT2D eigenvalue weighted by Crippen LogP contribution is 2.21. The minimum atomic E-state index is -0.174. The normalized spacial score (nSPS) is 12.4. The second-order valence-electron chi connectivity index (χ2n) is 6.62. The number of nitrogens with zero attached hydrogens (tertiary/aromatic N) is 4. The van der Waals surface area contributed by atoms with Crippen molar-refractivity contribution in [2.75, 3.05) is 7.05 Å². The van der Waals surface area contributed by atoms with Crippen LogP contribution >= 0.6 is 0 Å². The van der Waals surface area contributed by atoms with E-state index in [4.69, 9.17) is 4.42 Å². The van der Waals surface area contributed by atoms with Crippen LogP contribution in [0.5, 0.6) is 0 Å². The Labute approximate surface area is 156 Å². The number of aryl methyl sites for hydroxylation is 1. The van der Waals surface area contributed by atoms with E-state index in [1.807, 2.05) is 50.2 Å². The maximum Gasteiger partial charge on any atom is 0.274 e. The Bertz CT molecular complexity index is 1080. The molecule has 3 heterocycles. The molecule has 0 saturated carbocycles. The summed E-state index contributed by atoms with van der Waals surface area (Å²) in [6.07, 6.45) is 1.61. The van der Waals surface area contributed by atoms with Crippen LogP contribution in [0, 0.1) is 6.92 Å². The summed E-state index contributed by atoms with van der Waals surface area (Å²) in [5.74, 6) is 1.50. The lowest BCUT2D eigenvalue weighted by Gasteiger charge is -2.22. The van der Waals surface area contributed by atoms with Crippen LogP contribution in [-0.2, 0) is 6.54 Å². The fourth-order valence-electron chi connectivity index (χ4n) is 3.19. The molecule has 0 spiro atoms. The first-order valence-electron chi connectivity index (χ1n) is 8.81. The number of nitrogens with one attached hydrogen (secondary N) is 1. The van der Waals surface area contributed by atoms with Crippen molar-refractivity contribution in [3.8, 4) is 0 Å². The van der Waals surface area contributed by atoms with Crippen molar-refractivity contribution in [2.45, 2.75) is 26.4 Å². The zero-order chi connectivity index (χ0) is 19.0. The predicted octanol–water partition coefficient (Wildman–Crippen LogP) is 3.54. The molecular formula is C20H21N5O2. The predicted molar refractivity (Wildman–Crippen MR) is 101 cm³/mol. The van der Waals surface area contributed by atoms with Crippen LogP contribution < -0.4 is 0 Å². The molecule has 0 aliphatic rings. The molecule has 27 heavy (non-hydrogen) atoms. The average molecular weight is 363 g/mol. The molecule has 0 saturated heterocycles. The van der Waals surface area contributed by atoms with Crippen LogP contribution in [0.1, 0.15) is 40.7 Å². The number of H-pyrrole nitrogens is 1. The van der Waals surface area contributed by atoms with E-state index in [1.165, 1.54) is 0 Å². The first kappa shape index (κ1) is 17.1. The van der Waals surface area contributed by atoms with E-state index in [0.717, 1.165) is 28.3 Å². The van der Waals surface area contributed by atoms with Crippen LogP contribution in [0.3, 0.4) is 0 Å². The van der Waals surface area contributed by atoms with Crippen LogP contribution in [0.4, 0.5) is 0 Å². The standard InChI is InChI=1S/C20H21N5O2/c1-13(19-9-6-10-27-19)24(3)20(26)17-11-15(22-23-17)12-25-14(2)21-16-7-4-5-8-18(16)25/h4-11,13H,12H2,1-3H3,(H,22,23)/t13-/m0/s1. The van der Waals surface area contributed by atoms with Crippen LogP contribution in [0.2, 0.25) is 0 Å². The molecule has 1 N–H and O–H groups in total. The van der Waals surface area contributed by atoms with E-state index in [0.29, 0.717) is 12.2 Å². The fraction of sp³-hybridized carbons (Fsp3) is 0.250. The van der Waals surface area contributed by atoms with Crippen molar-refractivity contribution < 1.29 is 9.21 Å². The average Bonchev–Trinajstić information content (AvgIpc) is 3.41. The smallest absolute Gasteiger partial charge is 0.274 e. The minimum Gasteiger partial charge on any atom is -0.467 e. The third kappa shape index (κ3) is 3.12. The van der Waals surface area contributed by atoms with Gasteiger partial charge >= 0.3 is 0 Å². The fourth-order valence-corrected chi connectivity index (χ4v) is 3.19. The van der Waals surface area contributed by atoms with Gasteiger partial charge in [-0.1, -0.05) is 12.1 Å². The molecule has 1 aromatic carbocycles. The van der Waals surface area contributed by atoms with Crippen molar-refractivity contribution in [1.29, 1.82) is 0 Å². The summed E-state index contributed by atoms with van der Waals surface area (Å²) < 4.78 is 7.50. The second kappa shape index (κ2) is 6.75. The summed E-state index contributed by atoms with van der Waals surface area (Å²) in [4.78, 5) is 19.0. The number of carbonyl (C=O) groups is 1. The number of carbonyl (C=O) groups excluding carboxylic acids is 1. The maximum atomic E-state index is 12.8. The molecule has 0 aliphatic heterocycles. The summed E-state index contributed by atoms with van der Waals surface area (Å²) in [5, 5.41) is 7.19. The molecule has 0 fully saturated rings. The number of fused-ring (bicyclic) bond motifs is 1. The molecule has 0 unspecified atom stereocenters. The van der Waals surface area contributed by atoms with Gasteiger partial charge in [0, 0.05) is 7.05 Å². The van der Waals surface area contributed by atoms with Crippen molar-refractivity contribution in [3.05, 3.63) is 71.7 Å². The SMILES string of the molecule is Cc1nc2ccccc2n1Cc1cc(C(=O)N(C)[C@@H](C)c2ccco2)n[nH]1. The molecule has 7 nitrogen and oxygen atoms in total. The van der Waals surface area contributed by atoms with Crippen molar-refractivity contribution >= 4 is 16.9 Å². The number of imidazole rings is 1. The second-order valence-corrected chi connectivity index (χ2v) is 6.62. The highest BCUT2D eigenvalue weighted by atomic mass is 16.3. The van der Waals surface area contributed by atoms with Gasteiger partial charge in [-0.3, -0.25) is 9.89 Å². The number of para-hydroxylation sites is 2. The quantitative estimate of drug-likeness (QED) is 0.588. The molecule has 0 bridgehead atoms. The molecule has 3 aromatic heterocycles. The summed E-state index contributed by atoms with van der Waals surface area (Å²) in [7, 11) is 1.75. The highest BCUT2D eigenvalue weighted by molar-refractivity contribution is 5.92. The van der Waals surface area contributed by atoms with Gasteiger partial charge < -0.3 is 13.9 Å². The number of furan rings is 1. The van der Waals surface area contributed by atoms with Crippen molar-refractivity contribution in [1.82, 2.24) is 24.6 Å². The molecule has 7 heteroatoms. The molecular weight excluding hydrogens is 342 g/mol. The van der Waals surface area contributed by atoms with Gasteiger partial charge in [-0.15, -0.1) is 0 Å². The molecule has 1 amide bonds. The number of aromatic nitrogens is 4. The van der Waals surface area contributed by atoms with E-state index in [2.05, 4.69) is 19.7 Å². The largest absolute Gasteiger partial charge is 0.467 e. The van der Waals surface area contributed by atoms with Gasteiger partial charge in [-0.25, -0.2) is 4.98 Å². The molecule has 0 radical (unpaired) electrons. The lowest BCUT2D eigenvalue weighted by molar-refractivity contribution is 0.0720. The van der Waals surface area contributed by atoms with Crippen molar-refractivity contribution in [2.24, 2.45) is 0 Å². The monoisotopic (exact) mass is 363 g/mol. The summed E-state index contributed by atoms with van der Waals surface area (Å²) in [5.41, 5.74) is 3.25. The Balaban J connectivity index is 1.54. The molecule has 1 atom stereocenters. The van der Waals surface area contributed by atoms with Crippen molar-refractivity contribution in [3.63, 3.8) is 0 Å². The van der Waals surface area contributed by atoms with E-state index in [1.54, 1.807) is 24.3 Å². The summed E-state index contributed by atoms with van der Waals surface area (Å²) in [6, 6.07) is 13.3. The zero-order valence-corrected chi connectivity index (χ0v) is 15.5. The third-order valence-electron chi connectivity index (χ3n) is 4.88. The summed E-state index contributed by atoms with van der Waals surface area (Å²) >= 11 is 0. The van der Waals surface area contributed by atoms with E-state index < -0.39 is 0 Å². The molecule has 0 aliphatic carbocycles. The van der Waals surface area contributed by atoms with E-state index in [-0.39, 0.29) is 11.9 Å².